The Morgan fingerprint density at radius 1 is 1.33 bits per heavy atom. The fourth-order valence-electron chi connectivity index (χ4n) is 1.95. The first-order valence-corrected chi connectivity index (χ1v) is 6.32. The molecule has 0 heterocycles. The fraction of sp³-hybridized carbons (Fsp3) is 0.533. The van der Waals surface area contributed by atoms with Crippen molar-refractivity contribution in [2.45, 2.75) is 46.0 Å². The minimum atomic E-state index is -0.176. The largest absolute Gasteiger partial charge is 0.508 e. The fourth-order valence-corrected chi connectivity index (χ4v) is 1.95. The molecular formula is C15H22O3. The van der Waals surface area contributed by atoms with E-state index in [2.05, 4.69) is 20.8 Å². The summed E-state index contributed by atoms with van der Waals surface area (Å²) in [6.07, 6.45) is 1.02. The van der Waals surface area contributed by atoms with E-state index in [-0.39, 0.29) is 17.1 Å². The highest BCUT2D eigenvalue weighted by molar-refractivity contribution is 5.69. The first kappa shape index (κ1) is 14.6. The molecule has 0 spiro atoms. The van der Waals surface area contributed by atoms with Gasteiger partial charge < -0.3 is 9.84 Å². The lowest BCUT2D eigenvalue weighted by atomic mass is 9.82. The zero-order chi connectivity index (χ0) is 13.8. The Labute approximate surface area is 109 Å². The summed E-state index contributed by atoms with van der Waals surface area (Å²) in [5.74, 6) is 0.0882. The van der Waals surface area contributed by atoms with Gasteiger partial charge in [-0.05, 0) is 42.0 Å². The average molecular weight is 250 g/mol. The van der Waals surface area contributed by atoms with Crippen LogP contribution in [0.15, 0.2) is 18.2 Å². The summed E-state index contributed by atoms with van der Waals surface area (Å²) in [5.41, 5.74) is 2.11. The predicted octanol–water partition coefficient (Wildman–Crippen LogP) is 3.19. The van der Waals surface area contributed by atoms with Gasteiger partial charge in [-0.2, -0.15) is 0 Å². The summed E-state index contributed by atoms with van der Waals surface area (Å²) in [6.45, 7) is 8.50. The lowest BCUT2D eigenvalue weighted by Crippen LogP contribution is -2.15. The summed E-state index contributed by atoms with van der Waals surface area (Å²) in [6, 6.07) is 5.32. The van der Waals surface area contributed by atoms with E-state index in [0.717, 1.165) is 11.1 Å². The SMILES string of the molecule is CCOC(=O)CCc1ccc(O)cc1C(C)(C)C. The van der Waals surface area contributed by atoms with Gasteiger partial charge >= 0.3 is 5.97 Å². The van der Waals surface area contributed by atoms with Crippen LogP contribution in [0.3, 0.4) is 0 Å². The zero-order valence-electron chi connectivity index (χ0n) is 11.6. The van der Waals surface area contributed by atoms with E-state index >= 15 is 0 Å². The number of hydrogen-bond donors (Lipinski definition) is 1. The van der Waals surface area contributed by atoms with Crippen molar-refractivity contribution in [3.05, 3.63) is 29.3 Å². The second kappa shape index (κ2) is 5.89. The second-order valence-electron chi connectivity index (χ2n) is 5.40. The van der Waals surface area contributed by atoms with Gasteiger partial charge in [0.15, 0.2) is 0 Å². The lowest BCUT2D eigenvalue weighted by Gasteiger charge is -2.23. The van der Waals surface area contributed by atoms with Crippen molar-refractivity contribution >= 4 is 5.97 Å². The van der Waals surface area contributed by atoms with Gasteiger partial charge in [-0.3, -0.25) is 4.79 Å². The van der Waals surface area contributed by atoms with E-state index in [4.69, 9.17) is 4.74 Å². The Kier molecular flexibility index (Phi) is 4.76. The first-order chi connectivity index (χ1) is 8.34. The van der Waals surface area contributed by atoms with Crippen LogP contribution in [0.5, 0.6) is 5.75 Å². The number of benzene rings is 1. The lowest BCUT2D eigenvalue weighted by molar-refractivity contribution is -0.143. The number of aryl methyl sites for hydroxylation is 1. The van der Waals surface area contributed by atoms with Crippen molar-refractivity contribution < 1.29 is 14.6 Å². The molecule has 0 radical (unpaired) electrons. The Bertz CT molecular complexity index is 416. The molecule has 0 amide bonds. The molecule has 0 unspecified atom stereocenters. The van der Waals surface area contributed by atoms with Gasteiger partial charge in [0.2, 0.25) is 0 Å². The smallest absolute Gasteiger partial charge is 0.306 e. The molecule has 0 saturated heterocycles. The molecule has 0 saturated carbocycles. The number of carbonyl (C=O) groups excluding carboxylic acids is 1. The van der Waals surface area contributed by atoms with Crippen LogP contribution in [-0.4, -0.2) is 17.7 Å². The number of ether oxygens (including phenoxy) is 1. The standard InChI is InChI=1S/C15H22O3/c1-5-18-14(17)9-7-11-6-8-12(16)10-13(11)15(2,3)4/h6,8,10,16H,5,7,9H2,1-4H3. The third kappa shape index (κ3) is 4.06. The molecule has 0 aliphatic heterocycles. The molecule has 18 heavy (non-hydrogen) atoms. The van der Waals surface area contributed by atoms with Gasteiger partial charge in [-0.25, -0.2) is 0 Å². The normalized spacial score (nSPS) is 11.3. The van der Waals surface area contributed by atoms with E-state index in [0.29, 0.717) is 19.4 Å². The molecular weight excluding hydrogens is 228 g/mol. The van der Waals surface area contributed by atoms with Crippen LogP contribution in [0, 0.1) is 0 Å². The summed E-state index contributed by atoms with van der Waals surface area (Å²) in [7, 11) is 0. The van der Waals surface area contributed by atoms with Crippen LogP contribution in [0.25, 0.3) is 0 Å². The minimum Gasteiger partial charge on any atom is -0.508 e. The zero-order valence-corrected chi connectivity index (χ0v) is 11.6. The molecule has 100 valence electrons. The summed E-state index contributed by atoms with van der Waals surface area (Å²) in [5, 5.41) is 9.57. The van der Waals surface area contributed by atoms with Gasteiger partial charge in [-0.15, -0.1) is 0 Å². The average Bonchev–Trinajstić information content (AvgIpc) is 2.26. The van der Waals surface area contributed by atoms with Crippen molar-refractivity contribution in [3.63, 3.8) is 0 Å². The first-order valence-electron chi connectivity index (χ1n) is 6.32. The van der Waals surface area contributed by atoms with Crippen molar-refractivity contribution in [2.75, 3.05) is 6.61 Å². The molecule has 1 N–H and O–H groups in total. The number of phenolic OH excluding ortho intramolecular Hbond substituents is 1. The maximum Gasteiger partial charge on any atom is 0.306 e. The van der Waals surface area contributed by atoms with Gasteiger partial charge in [0, 0.05) is 6.42 Å². The summed E-state index contributed by atoms with van der Waals surface area (Å²) in [4.78, 5) is 11.4. The molecule has 3 heteroatoms. The number of hydrogen-bond acceptors (Lipinski definition) is 3. The van der Waals surface area contributed by atoms with Crippen LogP contribution >= 0.6 is 0 Å². The Hall–Kier alpha value is -1.51. The Balaban J connectivity index is 2.85. The molecule has 3 nitrogen and oxygen atoms in total. The summed E-state index contributed by atoms with van der Waals surface area (Å²) >= 11 is 0. The molecule has 0 fully saturated rings. The third-order valence-electron chi connectivity index (χ3n) is 2.81. The molecule has 0 aliphatic carbocycles. The van der Waals surface area contributed by atoms with Gasteiger partial charge in [0.25, 0.3) is 0 Å². The van der Waals surface area contributed by atoms with Crippen molar-refractivity contribution in [1.82, 2.24) is 0 Å². The number of phenols is 1. The highest BCUT2D eigenvalue weighted by Crippen LogP contribution is 2.29. The predicted molar refractivity (Wildman–Crippen MR) is 71.8 cm³/mol. The molecule has 1 aromatic carbocycles. The Morgan fingerprint density at radius 2 is 2.00 bits per heavy atom. The molecule has 0 aromatic heterocycles. The highest BCUT2D eigenvalue weighted by atomic mass is 16.5. The van der Waals surface area contributed by atoms with Crippen molar-refractivity contribution in [2.24, 2.45) is 0 Å². The number of carbonyl (C=O) groups is 1. The molecule has 0 aliphatic rings. The van der Waals surface area contributed by atoms with Crippen molar-refractivity contribution in [3.8, 4) is 5.75 Å². The van der Waals surface area contributed by atoms with E-state index in [1.54, 1.807) is 19.1 Å². The molecule has 1 rings (SSSR count). The van der Waals surface area contributed by atoms with E-state index in [1.165, 1.54) is 0 Å². The molecule has 0 atom stereocenters. The molecule has 1 aromatic rings. The van der Waals surface area contributed by atoms with Crippen LogP contribution in [0.2, 0.25) is 0 Å². The van der Waals surface area contributed by atoms with Gasteiger partial charge in [-0.1, -0.05) is 26.8 Å². The molecule has 0 bridgehead atoms. The van der Waals surface area contributed by atoms with Crippen LogP contribution < -0.4 is 0 Å². The maximum absolute atomic E-state index is 11.4. The topological polar surface area (TPSA) is 46.5 Å². The van der Waals surface area contributed by atoms with E-state index in [1.807, 2.05) is 6.07 Å². The Morgan fingerprint density at radius 3 is 2.56 bits per heavy atom. The third-order valence-corrected chi connectivity index (χ3v) is 2.81. The van der Waals surface area contributed by atoms with Crippen LogP contribution in [-0.2, 0) is 21.4 Å². The number of esters is 1. The van der Waals surface area contributed by atoms with Crippen LogP contribution in [0.1, 0.15) is 45.2 Å². The maximum atomic E-state index is 11.4. The number of rotatable bonds is 4. The summed E-state index contributed by atoms with van der Waals surface area (Å²) < 4.78 is 4.92. The minimum absolute atomic E-state index is 0.0528. The quantitative estimate of drug-likeness (QED) is 0.835. The van der Waals surface area contributed by atoms with Crippen molar-refractivity contribution in [1.29, 1.82) is 0 Å². The monoisotopic (exact) mass is 250 g/mol. The van der Waals surface area contributed by atoms with Gasteiger partial charge in [0.05, 0.1) is 6.61 Å². The second-order valence-corrected chi connectivity index (χ2v) is 5.40. The van der Waals surface area contributed by atoms with E-state index in [9.17, 15) is 9.90 Å². The van der Waals surface area contributed by atoms with E-state index < -0.39 is 0 Å². The van der Waals surface area contributed by atoms with Gasteiger partial charge in [0.1, 0.15) is 5.75 Å². The van der Waals surface area contributed by atoms with Crippen LogP contribution in [0.4, 0.5) is 0 Å². The highest BCUT2D eigenvalue weighted by Gasteiger charge is 2.19. The number of aromatic hydroxyl groups is 1.